The smallest absolute Gasteiger partial charge is 0.265 e. The zero-order valence-corrected chi connectivity index (χ0v) is 15.3. The first kappa shape index (κ1) is 18.3. The van der Waals surface area contributed by atoms with Gasteiger partial charge in [0.25, 0.3) is 5.91 Å². The van der Waals surface area contributed by atoms with Crippen LogP contribution in [0.2, 0.25) is 0 Å². The molecule has 5 nitrogen and oxygen atoms in total. The Morgan fingerprint density at radius 3 is 2.77 bits per heavy atom. The molecule has 0 aliphatic carbocycles. The minimum atomic E-state index is -0.980. The summed E-state index contributed by atoms with van der Waals surface area (Å²) < 4.78 is 32.5. The van der Waals surface area contributed by atoms with Crippen molar-refractivity contribution in [2.75, 3.05) is 18.1 Å². The third-order valence-electron chi connectivity index (χ3n) is 3.99. The molecule has 0 unspecified atom stereocenters. The second-order valence-electron chi connectivity index (χ2n) is 5.84. The Kier molecular flexibility index (Phi) is 5.22. The number of benzene rings is 2. The van der Waals surface area contributed by atoms with Crippen LogP contribution >= 0.6 is 15.9 Å². The minimum Gasteiger partial charge on any atom is -0.482 e. The normalized spacial score (nSPS) is 14.5. The van der Waals surface area contributed by atoms with Crippen LogP contribution in [-0.4, -0.2) is 25.0 Å². The lowest BCUT2D eigenvalue weighted by molar-refractivity contribution is -0.125. The van der Waals surface area contributed by atoms with Crippen molar-refractivity contribution >= 4 is 33.4 Å². The minimum absolute atomic E-state index is 0.157. The predicted molar refractivity (Wildman–Crippen MR) is 94.9 cm³/mol. The molecular formula is C18H15BrF2N2O3. The van der Waals surface area contributed by atoms with Gasteiger partial charge in [-0.15, -0.1) is 0 Å². The van der Waals surface area contributed by atoms with Crippen molar-refractivity contribution in [3.05, 3.63) is 58.1 Å². The standard InChI is InChI=1S/C18H15BrF2N2O3/c1-10(11-2-4-13(20)14(21)6-11)22-17(24)8-23-15-5-3-12(19)7-16(15)26-9-18(23)25/h2-7,10H,8-9H2,1H3,(H,22,24)/t10-/m1/s1. The summed E-state index contributed by atoms with van der Waals surface area (Å²) in [5.41, 5.74) is 0.926. The fourth-order valence-corrected chi connectivity index (χ4v) is 2.99. The maximum Gasteiger partial charge on any atom is 0.265 e. The second-order valence-corrected chi connectivity index (χ2v) is 6.76. The molecule has 8 heteroatoms. The number of amides is 2. The van der Waals surface area contributed by atoms with Crippen LogP contribution < -0.4 is 15.0 Å². The molecule has 1 aliphatic heterocycles. The average Bonchev–Trinajstić information content (AvgIpc) is 2.59. The topological polar surface area (TPSA) is 58.6 Å². The van der Waals surface area contributed by atoms with Gasteiger partial charge >= 0.3 is 0 Å². The van der Waals surface area contributed by atoms with Gasteiger partial charge in [-0.05, 0) is 42.8 Å². The molecule has 3 rings (SSSR count). The molecule has 2 aromatic carbocycles. The van der Waals surface area contributed by atoms with E-state index in [2.05, 4.69) is 21.2 Å². The van der Waals surface area contributed by atoms with E-state index in [1.54, 1.807) is 25.1 Å². The monoisotopic (exact) mass is 424 g/mol. The number of ether oxygens (including phenoxy) is 1. The zero-order valence-electron chi connectivity index (χ0n) is 13.8. The number of carbonyl (C=O) groups is 2. The third kappa shape index (κ3) is 3.85. The SMILES string of the molecule is C[C@@H](NC(=O)CN1C(=O)COc2cc(Br)ccc21)c1ccc(F)c(F)c1. The van der Waals surface area contributed by atoms with E-state index in [1.165, 1.54) is 11.0 Å². The van der Waals surface area contributed by atoms with Crippen molar-refractivity contribution in [3.8, 4) is 5.75 Å². The van der Waals surface area contributed by atoms with Crippen LogP contribution in [0.5, 0.6) is 5.75 Å². The number of nitrogens with zero attached hydrogens (tertiary/aromatic N) is 1. The molecule has 0 radical (unpaired) electrons. The summed E-state index contributed by atoms with van der Waals surface area (Å²) in [5.74, 6) is -2.19. The predicted octanol–water partition coefficient (Wildman–Crippen LogP) is 3.33. The van der Waals surface area contributed by atoms with E-state index >= 15 is 0 Å². The maximum atomic E-state index is 13.3. The highest BCUT2D eigenvalue weighted by molar-refractivity contribution is 9.10. The van der Waals surface area contributed by atoms with Crippen molar-refractivity contribution in [2.24, 2.45) is 0 Å². The summed E-state index contributed by atoms with van der Waals surface area (Å²) in [4.78, 5) is 25.8. The number of nitrogens with one attached hydrogen (secondary N) is 1. The Morgan fingerprint density at radius 2 is 2.04 bits per heavy atom. The quantitative estimate of drug-likeness (QED) is 0.818. The second kappa shape index (κ2) is 7.41. The Balaban J connectivity index is 1.71. The molecule has 0 saturated carbocycles. The van der Waals surface area contributed by atoms with Crippen LogP contribution in [0.4, 0.5) is 14.5 Å². The molecule has 2 aromatic rings. The van der Waals surface area contributed by atoms with Crippen LogP contribution in [0.1, 0.15) is 18.5 Å². The van der Waals surface area contributed by atoms with Crippen molar-refractivity contribution in [3.63, 3.8) is 0 Å². The summed E-state index contributed by atoms with van der Waals surface area (Å²) in [6.45, 7) is 1.29. The first-order chi connectivity index (χ1) is 12.3. The largest absolute Gasteiger partial charge is 0.482 e. The Labute approximate surface area is 157 Å². The lowest BCUT2D eigenvalue weighted by atomic mass is 10.1. The summed E-state index contributed by atoms with van der Waals surface area (Å²) in [7, 11) is 0. The first-order valence-electron chi connectivity index (χ1n) is 7.82. The molecule has 2 amide bonds. The number of rotatable bonds is 4. The zero-order chi connectivity index (χ0) is 18.8. The van der Waals surface area contributed by atoms with Crippen LogP contribution in [0, 0.1) is 11.6 Å². The number of hydrogen-bond acceptors (Lipinski definition) is 3. The van der Waals surface area contributed by atoms with Gasteiger partial charge < -0.3 is 10.1 Å². The fraction of sp³-hybridized carbons (Fsp3) is 0.222. The molecular weight excluding hydrogens is 410 g/mol. The van der Waals surface area contributed by atoms with Crippen molar-refractivity contribution < 1.29 is 23.1 Å². The van der Waals surface area contributed by atoms with E-state index in [-0.39, 0.29) is 19.1 Å². The average molecular weight is 425 g/mol. The summed E-state index contributed by atoms with van der Waals surface area (Å²) in [6, 6.07) is 8.04. The molecule has 136 valence electrons. The van der Waals surface area contributed by atoms with Gasteiger partial charge in [-0.25, -0.2) is 8.78 Å². The van der Waals surface area contributed by atoms with E-state index in [4.69, 9.17) is 4.74 Å². The van der Waals surface area contributed by atoms with E-state index < -0.39 is 23.6 Å². The summed E-state index contributed by atoms with van der Waals surface area (Å²) in [6.07, 6.45) is 0. The molecule has 0 saturated heterocycles. The molecule has 0 fully saturated rings. The summed E-state index contributed by atoms with van der Waals surface area (Å²) >= 11 is 3.33. The van der Waals surface area contributed by atoms with Crippen molar-refractivity contribution in [1.29, 1.82) is 0 Å². The lowest BCUT2D eigenvalue weighted by Gasteiger charge is -2.29. The Hall–Kier alpha value is -2.48. The molecule has 1 aliphatic rings. The molecule has 0 aromatic heterocycles. The number of carbonyl (C=O) groups excluding carboxylic acids is 2. The Bertz CT molecular complexity index is 876. The molecule has 1 N–H and O–H groups in total. The maximum absolute atomic E-state index is 13.3. The van der Waals surface area contributed by atoms with E-state index in [0.717, 1.165) is 16.6 Å². The fourth-order valence-electron chi connectivity index (χ4n) is 2.65. The van der Waals surface area contributed by atoms with Gasteiger partial charge in [0, 0.05) is 4.47 Å². The molecule has 26 heavy (non-hydrogen) atoms. The highest BCUT2D eigenvalue weighted by Gasteiger charge is 2.27. The number of anilines is 1. The lowest BCUT2D eigenvalue weighted by Crippen LogP contribution is -2.45. The van der Waals surface area contributed by atoms with Crippen molar-refractivity contribution in [1.82, 2.24) is 5.32 Å². The highest BCUT2D eigenvalue weighted by atomic mass is 79.9. The molecule has 0 spiro atoms. The third-order valence-corrected chi connectivity index (χ3v) is 4.48. The van der Waals surface area contributed by atoms with Gasteiger partial charge in [0.1, 0.15) is 12.3 Å². The van der Waals surface area contributed by atoms with Crippen LogP contribution in [0.15, 0.2) is 40.9 Å². The van der Waals surface area contributed by atoms with E-state index in [0.29, 0.717) is 17.0 Å². The number of hydrogen-bond donors (Lipinski definition) is 1. The number of halogens is 3. The first-order valence-corrected chi connectivity index (χ1v) is 8.61. The van der Waals surface area contributed by atoms with Crippen LogP contribution in [-0.2, 0) is 9.59 Å². The van der Waals surface area contributed by atoms with Gasteiger partial charge in [-0.3, -0.25) is 14.5 Å². The van der Waals surface area contributed by atoms with Gasteiger partial charge in [0.05, 0.1) is 11.7 Å². The van der Waals surface area contributed by atoms with Crippen LogP contribution in [0.25, 0.3) is 0 Å². The van der Waals surface area contributed by atoms with E-state index in [9.17, 15) is 18.4 Å². The molecule has 1 atom stereocenters. The highest BCUT2D eigenvalue weighted by Crippen LogP contribution is 2.34. The van der Waals surface area contributed by atoms with Crippen molar-refractivity contribution in [2.45, 2.75) is 13.0 Å². The summed E-state index contributed by atoms with van der Waals surface area (Å²) in [5, 5.41) is 2.68. The molecule has 0 bridgehead atoms. The Morgan fingerprint density at radius 1 is 1.27 bits per heavy atom. The van der Waals surface area contributed by atoms with Gasteiger partial charge in [-0.2, -0.15) is 0 Å². The van der Waals surface area contributed by atoms with Gasteiger partial charge in [0.15, 0.2) is 18.2 Å². The van der Waals surface area contributed by atoms with E-state index in [1.807, 2.05) is 0 Å². The van der Waals surface area contributed by atoms with Crippen LogP contribution in [0.3, 0.4) is 0 Å². The number of fused-ring (bicyclic) bond motifs is 1. The van der Waals surface area contributed by atoms with Gasteiger partial charge in [0.2, 0.25) is 5.91 Å². The molecule has 1 heterocycles. The van der Waals surface area contributed by atoms with Gasteiger partial charge in [-0.1, -0.05) is 22.0 Å².